The maximum Gasteiger partial charge on any atom is 0.480 e. The summed E-state index contributed by atoms with van der Waals surface area (Å²) in [6, 6.07) is -1.45. The first-order valence-electron chi connectivity index (χ1n) is 6.90. The predicted molar refractivity (Wildman–Crippen MR) is 80.5 cm³/mol. The van der Waals surface area contributed by atoms with Gasteiger partial charge >= 0.3 is 25.2 Å². The molecule has 0 unspecified atom stereocenters. The van der Waals surface area contributed by atoms with E-state index in [0.29, 0.717) is 0 Å². The quantitative estimate of drug-likeness (QED) is 0.390. The Morgan fingerprint density at radius 2 is 1.74 bits per heavy atom. The molecule has 10 heteroatoms. The maximum atomic E-state index is 11.6. The van der Waals surface area contributed by atoms with E-state index < -0.39 is 42.7 Å². The summed E-state index contributed by atoms with van der Waals surface area (Å²) in [7, 11) is -1.72. The number of alkyl carbamates (subject to hydrolysis) is 1. The van der Waals surface area contributed by atoms with Gasteiger partial charge in [-0.2, -0.15) is 0 Å². The molecule has 23 heavy (non-hydrogen) atoms. The molecule has 0 aliphatic heterocycles. The topological polar surface area (TPSA) is 153 Å². The highest BCUT2D eigenvalue weighted by Gasteiger charge is 2.29. The number of carboxylic acid groups (broad SMARTS) is 2. The van der Waals surface area contributed by atoms with Crippen molar-refractivity contribution in [2.75, 3.05) is 0 Å². The first kappa shape index (κ1) is 20.9. The summed E-state index contributed by atoms with van der Waals surface area (Å²) in [5, 5.41) is 37.6. The lowest BCUT2D eigenvalue weighted by atomic mass is 9.89. The van der Waals surface area contributed by atoms with Gasteiger partial charge in [-0.25, -0.2) is 9.59 Å². The number of aliphatic carboxylic acids is 2. The van der Waals surface area contributed by atoms with E-state index >= 15 is 0 Å². The van der Waals surface area contributed by atoms with Gasteiger partial charge in [0.2, 0.25) is 0 Å². The number of hydrogen-bond acceptors (Lipinski definition) is 6. The second-order valence-corrected chi connectivity index (χ2v) is 5.89. The molecule has 0 spiro atoms. The predicted octanol–water partition coefficient (Wildman–Crippen LogP) is 0.0135. The molecular weight excluding hydrogens is 309 g/mol. The van der Waals surface area contributed by atoms with Crippen LogP contribution in [-0.4, -0.2) is 57.1 Å². The lowest BCUT2D eigenvalue weighted by Crippen LogP contribution is -2.45. The number of allylic oxidation sites excluding steroid dienone is 1. The second-order valence-electron chi connectivity index (χ2n) is 5.89. The molecule has 130 valence electrons. The number of carbonyl (C=O) groups excluding carboxylic acids is 1. The third-order valence-electron chi connectivity index (χ3n) is 2.59. The normalized spacial score (nSPS) is 14.1. The molecule has 0 aliphatic rings. The fraction of sp³-hybridized carbons (Fsp3) is 0.615. The molecule has 0 fully saturated rings. The molecule has 0 heterocycles. The molecule has 1 amide bonds. The molecule has 0 aliphatic carbocycles. The Morgan fingerprint density at radius 1 is 1.17 bits per heavy atom. The Hall–Kier alpha value is -2.07. The van der Waals surface area contributed by atoms with Crippen molar-refractivity contribution in [1.29, 1.82) is 0 Å². The number of amides is 1. The van der Waals surface area contributed by atoms with Gasteiger partial charge in [-0.05, 0) is 33.6 Å². The standard InChI is InChI=1S/C13H22BNO8/c1-13(2,3)23-12(20)15-9(11(18)19)7-8(10(16)17)5-4-6-14(21)22/h4,6,8-9,21-22H,5,7H2,1-3H3,(H,15,20)(H,16,17)(H,18,19)/b6-4+/t8-,9-/m0/s1. The lowest BCUT2D eigenvalue weighted by Gasteiger charge is -2.23. The Morgan fingerprint density at radius 3 is 2.13 bits per heavy atom. The molecule has 0 aromatic carbocycles. The first-order chi connectivity index (χ1) is 10.4. The van der Waals surface area contributed by atoms with Gasteiger partial charge < -0.3 is 30.3 Å². The number of carbonyl (C=O) groups is 3. The summed E-state index contributed by atoms with van der Waals surface area (Å²) in [5.41, 5.74) is -0.820. The van der Waals surface area contributed by atoms with Crippen molar-refractivity contribution in [3.05, 3.63) is 12.1 Å². The van der Waals surface area contributed by atoms with Crippen LogP contribution < -0.4 is 5.32 Å². The van der Waals surface area contributed by atoms with E-state index in [4.69, 9.17) is 25.0 Å². The van der Waals surface area contributed by atoms with Crippen LogP contribution in [0.2, 0.25) is 0 Å². The van der Waals surface area contributed by atoms with E-state index in [2.05, 4.69) is 5.32 Å². The van der Waals surface area contributed by atoms with Gasteiger partial charge in [-0.3, -0.25) is 4.79 Å². The summed E-state index contributed by atoms with van der Waals surface area (Å²) in [4.78, 5) is 33.9. The highest BCUT2D eigenvalue weighted by molar-refractivity contribution is 6.47. The molecular formula is C13H22BNO8. The van der Waals surface area contributed by atoms with Crippen molar-refractivity contribution in [2.45, 2.75) is 45.3 Å². The van der Waals surface area contributed by atoms with Gasteiger partial charge in [0.05, 0.1) is 5.92 Å². The molecule has 9 nitrogen and oxygen atoms in total. The minimum Gasteiger partial charge on any atom is -0.481 e. The zero-order valence-corrected chi connectivity index (χ0v) is 13.2. The van der Waals surface area contributed by atoms with Crippen LogP contribution in [0.3, 0.4) is 0 Å². The number of carboxylic acids is 2. The van der Waals surface area contributed by atoms with Crippen LogP contribution >= 0.6 is 0 Å². The summed E-state index contributed by atoms with van der Waals surface area (Å²) in [6.45, 7) is 4.81. The van der Waals surface area contributed by atoms with Gasteiger partial charge in [-0.15, -0.1) is 0 Å². The van der Waals surface area contributed by atoms with Crippen molar-refractivity contribution >= 4 is 25.2 Å². The van der Waals surface area contributed by atoms with Gasteiger partial charge in [0.25, 0.3) is 0 Å². The summed E-state index contributed by atoms with van der Waals surface area (Å²) in [6.07, 6.45) is -0.242. The number of hydrogen-bond donors (Lipinski definition) is 5. The van der Waals surface area contributed by atoms with E-state index in [9.17, 15) is 14.4 Å². The maximum absolute atomic E-state index is 11.6. The molecule has 2 atom stereocenters. The van der Waals surface area contributed by atoms with E-state index in [1.165, 1.54) is 6.08 Å². The van der Waals surface area contributed by atoms with E-state index in [0.717, 1.165) is 5.98 Å². The Balaban J connectivity index is 4.84. The molecule has 0 radical (unpaired) electrons. The highest BCUT2D eigenvalue weighted by Crippen LogP contribution is 2.14. The van der Waals surface area contributed by atoms with Gasteiger partial charge in [0.15, 0.2) is 0 Å². The van der Waals surface area contributed by atoms with Crippen LogP contribution in [0.15, 0.2) is 12.1 Å². The third-order valence-corrected chi connectivity index (χ3v) is 2.59. The summed E-state index contributed by atoms with van der Waals surface area (Å²) >= 11 is 0. The second kappa shape index (κ2) is 9.16. The molecule has 0 aromatic heterocycles. The number of ether oxygens (including phenoxy) is 1. The van der Waals surface area contributed by atoms with Gasteiger partial charge in [0, 0.05) is 0 Å². The smallest absolute Gasteiger partial charge is 0.480 e. The number of rotatable bonds is 8. The van der Waals surface area contributed by atoms with Crippen molar-refractivity contribution in [1.82, 2.24) is 5.32 Å². The molecule has 0 aromatic rings. The first-order valence-corrected chi connectivity index (χ1v) is 6.90. The van der Waals surface area contributed by atoms with Crippen molar-refractivity contribution in [3.63, 3.8) is 0 Å². The fourth-order valence-electron chi connectivity index (χ4n) is 1.62. The van der Waals surface area contributed by atoms with E-state index in [-0.39, 0.29) is 12.8 Å². The average molecular weight is 331 g/mol. The van der Waals surface area contributed by atoms with Crippen LogP contribution in [0.4, 0.5) is 4.79 Å². The Bertz CT molecular complexity index is 457. The molecule has 5 N–H and O–H groups in total. The Labute approximate surface area is 134 Å². The minimum absolute atomic E-state index is 0.118. The fourth-order valence-corrected chi connectivity index (χ4v) is 1.62. The Kier molecular flexibility index (Phi) is 8.34. The van der Waals surface area contributed by atoms with Crippen LogP contribution in [0.25, 0.3) is 0 Å². The lowest BCUT2D eigenvalue weighted by molar-refractivity contribution is -0.144. The van der Waals surface area contributed by atoms with Gasteiger partial charge in [0.1, 0.15) is 11.6 Å². The van der Waals surface area contributed by atoms with Crippen LogP contribution in [0, 0.1) is 5.92 Å². The zero-order chi connectivity index (χ0) is 18.2. The van der Waals surface area contributed by atoms with Crippen molar-refractivity contribution in [3.8, 4) is 0 Å². The van der Waals surface area contributed by atoms with Crippen LogP contribution in [-0.2, 0) is 14.3 Å². The van der Waals surface area contributed by atoms with Crippen molar-refractivity contribution < 1.29 is 39.4 Å². The van der Waals surface area contributed by atoms with E-state index in [1.54, 1.807) is 20.8 Å². The third kappa shape index (κ3) is 10.3. The molecule has 0 saturated carbocycles. The van der Waals surface area contributed by atoms with Crippen LogP contribution in [0.5, 0.6) is 0 Å². The molecule has 0 bridgehead atoms. The average Bonchev–Trinajstić information content (AvgIpc) is 2.33. The SMILES string of the molecule is CC(C)(C)OC(=O)N[C@@H](C[C@H](C/C=C/B(O)O)C(=O)O)C(=O)O. The van der Waals surface area contributed by atoms with E-state index in [1.807, 2.05) is 0 Å². The largest absolute Gasteiger partial charge is 0.481 e. The molecule has 0 rings (SSSR count). The monoisotopic (exact) mass is 331 g/mol. The zero-order valence-electron chi connectivity index (χ0n) is 13.2. The summed E-state index contributed by atoms with van der Waals surface area (Å²) in [5.74, 6) is -2.82. The van der Waals surface area contributed by atoms with Gasteiger partial charge in [-0.1, -0.05) is 12.1 Å². The minimum atomic E-state index is -1.72. The highest BCUT2D eigenvalue weighted by atomic mass is 16.6. The summed E-state index contributed by atoms with van der Waals surface area (Å²) < 4.78 is 4.93. The number of nitrogens with one attached hydrogen (secondary N) is 1. The van der Waals surface area contributed by atoms with Crippen LogP contribution in [0.1, 0.15) is 33.6 Å². The molecule has 0 saturated heterocycles. The van der Waals surface area contributed by atoms with Crippen molar-refractivity contribution in [2.24, 2.45) is 5.92 Å².